The molecule has 162 valence electrons. The van der Waals surface area contributed by atoms with Crippen molar-refractivity contribution in [3.05, 3.63) is 24.3 Å². The highest BCUT2D eigenvalue weighted by Gasteiger charge is 2.44. The number of methoxy groups -OCH3 is 1. The van der Waals surface area contributed by atoms with Crippen molar-refractivity contribution in [3.63, 3.8) is 0 Å². The number of aliphatic hydroxyl groups is 1. The number of rotatable bonds is 15. The zero-order valence-electron chi connectivity index (χ0n) is 18.2. The maximum absolute atomic E-state index is 10.1. The van der Waals surface area contributed by atoms with Gasteiger partial charge < -0.3 is 19.3 Å². The van der Waals surface area contributed by atoms with Crippen LogP contribution in [0.15, 0.2) is 24.3 Å². The fourth-order valence-corrected chi connectivity index (χ4v) is 3.38. The fourth-order valence-electron chi connectivity index (χ4n) is 3.38. The summed E-state index contributed by atoms with van der Waals surface area (Å²) in [5.41, 5.74) is 0. The summed E-state index contributed by atoms with van der Waals surface area (Å²) < 4.78 is 16.3. The van der Waals surface area contributed by atoms with Gasteiger partial charge in [-0.1, -0.05) is 70.6 Å². The van der Waals surface area contributed by atoms with E-state index in [0.29, 0.717) is 6.61 Å². The number of hydrogen-bond donors (Lipinski definition) is 1. The highest BCUT2D eigenvalue weighted by Crippen LogP contribution is 2.27. The van der Waals surface area contributed by atoms with Crippen LogP contribution in [0.2, 0.25) is 0 Å². The standard InChI is InChI=1S/C25H38O4/c1-3-4-5-6-7-8-9-10-11-12-13-14-15-23(26)25-24(29-25)20-28-22-18-16-21(27-2)17-19-22/h16-19,23-26H,3-13,20H2,1-2H3/t23-,24-,25-/m1/s1. The van der Waals surface area contributed by atoms with E-state index in [0.717, 1.165) is 24.3 Å². The first-order valence-electron chi connectivity index (χ1n) is 11.3. The monoisotopic (exact) mass is 402 g/mol. The average molecular weight is 403 g/mol. The maximum atomic E-state index is 10.1. The van der Waals surface area contributed by atoms with E-state index in [1.165, 1.54) is 57.8 Å². The Morgan fingerprint density at radius 2 is 1.52 bits per heavy atom. The van der Waals surface area contributed by atoms with Crippen molar-refractivity contribution in [3.8, 4) is 23.3 Å². The van der Waals surface area contributed by atoms with Crippen LogP contribution >= 0.6 is 0 Å². The van der Waals surface area contributed by atoms with Crippen LogP contribution < -0.4 is 9.47 Å². The van der Waals surface area contributed by atoms with Gasteiger partial charge >= 0.3 is 0 Å². The van der Waals surface area contributed by atoms with Crippen LogP contribution in [0.3, 0.4) is 0 Å². The van der Waals surface area contributed by atoms with Crippen molar-refractivity contribution in [2.45, 2.75) is 95.9 Å². The minimum atomic E-state index is -0.720. The van der Waals surface area contributed by atoms with Crippen molar-refractivity contribution < 1.29 is 19.3 Å². The molecule has 0 aliphatic carbocycles. The third-order valence-electron chi connectivity index (χ3n) is 5.31. The van der Waals surface area contributed by atoms with Gasteiger partial charge in [0.1, 0.15) is 36.4 Å². The van der Waals surface area contributed by atoms with Gasteiger partial charge in [-0.3, -0.25) is 0 Å². The van der Waals surface area contributed by atoms with E-state index in [2.05, 4.69) is 18.8 Å². The van der Waals surface area contributed by atoms with Crippen LogP contribution in [0.5, 0.6) is 11.5 Å². The van der Waals surface area contributed by atoms with Gasteiger partial charge in [-0.25, -0.2) is 0 Å². The Kier molecular flexibility index (Phi) is 11.6. The molecule has 1 aliphatic rings. The Balaban J connectivity index is 1.46. The van der Waals surface area contributed by atoms with Crippen LogP contribution in [-0.2, 0) is 4.74 Å². The number of aliphatic hydroxyl groups excluding tert-OH is 1. The van der Waals surface area contributed by atoms with E-state index in [1.807, 2.05) is 24.3 Å². The van der Waals surface area contributed by atoms with Gasteiger partial charge in [0.15, 0.2) is 0 Å². The third kappa shape index (κ3) is 10.1. The third-order valence-corrected chi connectivity index (χ3v) is 5.31. The summed E-state index contributed by atoms with van der Waals surface area (Å²) in [6.45, 7) is 2.69. The lowest BCUT2D eigenvalue weighted by Crippen LogP contribution is -2.18. The molecule has 1 aromatic carbocycles. The molecule has 0 aromatic heterocycles. The lowest BCUT2D eigenvalue weighted by atomic mass is 10.1. The van der Waals surface area contributed by atoms with E-state index < -0.39 is 6.10 Å². The fraction of sp³-hybridized carbons (Fsp3) is 0.680. The molecular weight excluding hydrogens is 364 g/mol. The minimum Gasteiger partial charge on any atom is -0.497 e. The highest BCUT2D eigenvalue weighted by atomic mass is 16.6. The molecule has 0 amide bonds. The first-order chi connectivity index (χ1) is 14.2. The molecule has 1 saturated heterocycles. The SMILES string of the molecule is CCCCCCCCCCCCC#C[C@@H](O)[C@H]1O[C@@H]1COc1ccc(OC)cc1. The quantitative estimate of drug-likeness (QED) is 0.238. The predicted molar refractivity (Wildman–Crippen MR) is 117 cm³/mol. The molecule has 0 spiro atoms. The number of unbranched alkanes of at least 4 members (excludes halogenated alkanes) is 10. The molecule has 4 nitrogen and oxygen atoms in total. The summed E-state index contributed by atoms with van der Waals surface area (Å²) in [5, 5.41) is 10.1. The molecule has 1 heterocycles. The van der Waals surface area contributed by atoms with Gasteiger partial charge in [-0.15, -0.1) is 5.92 Å². The van der Waals surface area contributed by atoms with E-state index in [4.69, 9.17) is 14.2 Å². The zero-order chi connectivity index (χ0) is 20.7. The number of epoxide rings is 1. The molecule has 0 radical (unpaired) electrons. The normalized spacial score (nSPS) is 18.6. The molecule has 0 saturated carbocycles. The van der Waals surface area contributed by atoms with Crippen molar-refractivity contribution in [1.29, 1.82) is 0 Å². The molecule has 1 N–H and O–H groups in total. The Bertz CT molecular complexity index is 601. The second kappa shape index (κ2) is 14.3. The van der Waals surface area contributed by atoms with Crippen LogP contribution in [0.4, 0.5) is 0 Å². The van der Waals surface area contributed by atoms with Gasteiger partial charge in [0, 0.05) is 6.42 Å². The lowest BCUT2D eigenvalue weighted by molar-refractivity contribution is 0.184. The van der Waals surface area contributed by atoms with E-state index in [9.17, 15) is 5.11 Å². The Labute approximate surface area is 176 Å². The van der Waals surface area contributed by atoms with Crippen LogP contribution in [-0.4, -0.2) is 37.1 Å². The summed E-state index contributed by atoms with van der Waals surface area (Å²) in [6, 6.07) is 7.43. The predicted octanol–water partition coefficient (Wildman–Crippen LogP) is 5.52. The van der Waals surface area contributed by atoms with Gasteiger partial charge in [-0.05, 0) is 30.7 Å². The molecule has 3 atom stereocenters. The van der Waals surface area contributed by atoms with E-state index in [1.54, 1.807) is 7.11 Å². The second-order valence-corrected chi connectivity index (χ2v) is 7.82. The van der Waals surface area contributed by atoms with Crippen LogP contribution in [0.25, 0.3) is 0 Å². The molecule has 0 unspecified atom stereocenters. The first-order valence-corrected chi connectivity index (χ1v) is 11.3. The largest absolute Gasteiger partial charge is 0.497 e. The van der Waals surface area contributed by atoms with Gasteiger partial charge in [0.25, 0.3) is 0 Å². The summed E-state index contributed by atoms with van der Waals surface area (Å²) in [4.78, 5) is 0. The Morgan fingerprint density at radius 3 is 2.14 bits per heavy atom. The van der Waals surface area contributed by atoms with Crippen LogP contribution in [0, 0.1) is 11.8 Å². The van der Waals surface area contributed by atoms with Crippen molar-refractivity contribution in [1.82, 2.24) is 0 Å². The minimum absolute atomic E-state index is 0.0845. The zero-order valence-corrected chi connectivity index (χ0v) is 18.2. The van der Waals surface area contributed by atoms with Crippen LogP contribution in [0.1, 0.15) is 77.6 Å². The molecular formula is C25H38O4. The summed E-state index contributed by atoms with van der Waals surface area (Å²) >= 11 is 0. The molecule has 1 aliphatic heterocycles. The molecule has 29 heavy (non-hydrogen) atoms. The maximum Gasteiger partial charge on any atom is 0.143 e. The van der Waals surface area contributed by atoms with E-state index >= 15 is 0 Å². The van der Waals surface area contributed by atoms with Crippen molar-refractivity contribution in [2.24, 2.45) is 0 Å². The number of hydrogen-bond acceptors (Lipinski definition) is 4. The summed E-state index contributed by atoms with van der Waals surface area (Å²) in [5.74, 6) is 7.59. The van der Waals surface area contributed by atoms with Crippen molar-refractivity contribution >= 4 is 0 Å². The second-order valence-electron chi connectivity index (χ2n) is 7.82. The highest BCUT2D eigenvalue weighted by molar-refractivity contribution is 5.31. The first kappa shape index (κ1) is 23.6. The molecule has 1 aromatic rings. The van der Waals surface area contributed by atoms with Gasteiger partial charge in [-0.2, -0.15) is 0 Å². The van der Waals surface area contributed by atoms with E-state index in [-0.39, 0.29) is 12.2 Å². The number of ether oxygens (including phenoxy) is 3. The molecule has 0 bridgehead atoms. The molecule has 1 fully saturated rings. The summed E-state index contributed by atoms with van der Waals surface area (Å²) in [7, 11) is 1.64. The number of benzene rings is 1. The summed E-state index contributed by atoms with van der Waals surface area (Å²) in [6.07, 6.45) is 13.1. The lowest BCUT2D eigenvalue weighted by Gasteiger charge is -2.05. The van der Waals surface area contributed by atoms with Gasteiger partial charge in [0.2, 0.25) is 0 Å². The van der Waals surface area contributed by atoms with Crippen molar-refractivity contribution in [2.75, 3.05) is 13.7 Å². The molecule has 4 heteroatoms. The topological polar surface area (TPSA) is 51.2 Å². The molecule has 2 rings (SSSR count). The Hall–Kier alpha value is -1.70. The Morgan fingerprint density at radius 1 is 0.931 bits per heavy atom. The smallest absolute Gasteiger partial charge is 0.143 e. The van der Waals surface area contributed by atoms with Gasteiger partial charge in [0.05, 0.1) is 7.11 Å². The average Bonchev–Trinajstić information content (AvgIpc) is 3.53.